The number of hydrogen-bond donors (Lipinski definition) is 0. The molecule has 2 nitrogen and oxygen atoms in total. The third-order valence-corrected chi connectivity index (χ3v) is 2.69. The van der Waals surface area contributed by atoms with E-state index in [1.807, 2.05) is 12.3 Å². The minimum Gasteiger partial charge on any atom is -0.462 e. The van der Waals surface area contributed by atoms with E-state index in [2.05, 4.69) is 0 Å². The van der Waals surface area contributed by atoms with Gasteiger partial charge in [-0.3, -0.25) is 0 Å². The Balaban J connectivity index is 3.03. The van der Waals surface area contributed by atoms with Crippen molar-refractivity contribution < 1.29 is 9.53 Å². The highest BCUT2D eigenvalue weighted by atomic mass is 35.5. The van der Waals surface area contributed by atoms with Crippen LogP contribution in [0.5, 0.6) is 0 Å². The first kappa shape index (κ1) is 11.4. The normalized spacial score (nSPS) is 9.93. The van der Waals surface area contributed by atoms with Gasteiger partial charge in [0.15, 0.2) is 0 Å². The van der Waals surface area contributed by atoms with Gasteiger partial charge in [0.05, 0.1) is 12.2 Å². The number of carbonyl (C=O) groups is 1. The molecular weight excluding hydrogens is 220 g/mol. The van der Waals surface area contributed by atoms with Gasteiger partial charge < -0.3 is 4.74 Å². The molecule has 0 aromatic heterocycles. The molecule has 0 spiro atoms. The first-order valence-electron chi connectivity index (χ1n) is 4.19. The van der Waals surface area contributed by atoms with Gasteiger partial charge in [-0.1, -0.05) is 11.6 Å². The average Bonchev–Trinajstić information content (AvgIpc) is 2.18. The van der Waals surface area contributed by atoms with Crippen LogP contribution < -0.4 is 0 Å². The summed E-state index contributed by atoms with van der Waals surface area (Å²) in [6, 6.07) is 5.21. The Morgan fingerprint density at radius 3 is 2.86 bits per heavy atom. The van der Waals surface area contributed by atoms with Gasteiger partial charge in [-0.25, -0.2) is 4.79 Å². The SMILES string of the molecule is CCOC(=O)c1cc(Cl)ccc1SC. The van der Waals surface area contributed by atoms with Crippen molar-refractivity contribution in [1.82, 2.24) is 0 Å². The maximum absolute atomic E-state index is 11.5. The van der Waals surface area contributed by atoms with E-state index < -0.39 is 0 Å². The van der Waals surface area contributed by atoms with Crippen LogP contribution in [-0.4, -0.2) is 18.8 Å². The van der Waals surface area contributed by atoms with Gasteiger partial charge in [-0.2, -0.15) is 0 Å². The molecule has 76 valence electrons. The summed E-state index contributed by atoms with van der Waals surface area (Å²) < 4.78 is 4.91. The third-order valence-electron chi connectivity index (χ3n) is 1.66. The van der Waals surface area contributed by atoms with Gasteiger partial charge in [0.25, 0.3) is 0 Å². The second-order valence-corrected chi connectivity index (χ2v) is 3.85. The minimum absolute atomic E-state index is 0.320. The van der Waals surface area contributed by atoms with E-state index >= 15 is 0 Å². The summed E-state index contributed by atoms with van der Waals surface area (Å²) in [6.07, 6.45) is 1.91. The molecule has 4 heteroatoms. The molecule has 1 aromatic carbocycles. The molecule has 0 aliphatic carbocycles. The molecule has 14 heavy (non-hydrogen) atoms. The van der Waals surface area contributed by atoms with Crippen LogP contribution in [0.4, 0.5) is 0 Å². The van der Waals surface area contributed by atoms with Crippen LogP contribution in [-0.2, 0) is 4.74 Å². The Bertz CT molecular complexity index is 339. The number of thioether (sulfide) groups is 1. The highest BCUT2D eigenvalue weighted by molar-refractivity contribution is 7.98. The number of esters is 1. The minimum atomic E-state index is -0.320. The van der Waals surface area contributed by atoms with Gasteiger partial charge in [0.2, 0.25) is 0 Å². The Morgan fingerprint density at radius 1 is 1.57 bits per heavy atom. The van der Waals surface area contributed by atoms with Gasteiger partial charge in [-0.15, -0.1) is 11.8 Å². The average molecular weight is 231 g/mol. The van der Waals surface area contributed by atoms with Gasteiger partial charge >= 0.3 is 5.97 Å². The standard InChI is InChI=1S/C10H11ClO2S/c1-3-13-10(12)8-6-7(11)4-5-9(8)14-2/h4-6H,3H2,1-2H3. The fraction of sp³-hybridized carbons (Fsp3) is 0.300. The second kappa shape index (κ2) is 5.27. The van der Waals surface area contributed by atoms with Crippen molar-refractivity contribution in [3.8, 4) is 0 Å². The molecule has 0 aliphatic rings. The molecule has 0 N–H and O–H groups in total. The fourth-order valence-electron chi connectivity index (χ4n) is 1.05. The van der Waals surface area contributed by atoms with E-state index in [4.69, 9.17) is 16.3 Å². The monoisotopic (exact) mass is 230 g/mol. The molecule has 0 radical (unpaired) electrons. The Hall–Kier alpha value is -0.670. The van der Waals surface area contributed by atoms with Crippen molar-refractivity contribution >= 4 is 29.3 Å². The molecule has 0 atom stereocenters. The quantitative estimate of drug-likeness (QED) is 0.589. The maximum Gasteiger partial charge on any atom is 0.339 e. The van der Waals surface area contributed by atoms with Crippen LogP contribution in [0.3, 0.4) is 0 Å². The van der Waals surface area contributed by atoms with Crippen LogP contribution in [0.15, 0.2) is 23.1 Å². The van der Waals surface area contributed by atoms with Crippen LogP contribution in [0, 0.1) is 0 Å². The van der Waals surface area contributed by atoms with E-state index in [0.29, 0.717) is 17.2 Å². The second-order valence-electron chi connectivity index (χ2n) is 2.57. The summed E-state index contributed by atoms with van der Waals surface area (Å²) in [5, 5.41) is 0.547. The Kier molecular flexibility index (Phi) is 4.29. The zero-order valence-electron chi connectivity index (χ0n) is 8.04. The van der Waals surface area contributed by atoms with E-state index in [1.165, 1.54) is 11.8 Å². The molecule has 1 rings (SSSR count). The molecule has 0 heterocycles. The molecule has 0 aliphatic heterocycles. The highest BCUT2D eigenvalue weighted by Gasteiger charge is 2.12. The zero-order chi connectivity index (χ0) is 10.6. The van der Waals surface area contributed by atoms with Crippen LogP contribution >= 0.6 is 23.4 Å². The molecule has 1 aromatic rings. The number of benzene rings is 1. The van der Waals surface area contributed by atoms with E-state index in [9.17, 15) is 4.79 Å². The van der Waals surface area contributed by atoms with Crippen molar-refractivity contribution in [3.63, 3.8) is 0 Å². The van der Waals surface area contributed by atoms with Crippen molar-refractivity contribution in [3.05, 3.63) is 28.8 Å². The molecule has 0 amide bonds. The summed E-state index contributed by atoms with van der Waals surface area (Å²) in [7, 11) is 0. The lowest BCUT2D eigenvalue weighted by atomic mass is 10.2. The molecular formula is C10H11ClO2S. The highest BCUT2D eigenvalue weighted by Crippen LogP contribution is 2.24. The number of hydrogen-bond acceptors (Lipinski definition) is 3. The van der Waals surface area contributed by atoms with Crippen LogP contribution in [0.2, 0.25) is 5.02 Å². The molecule has 0 unspecified atom stereocenters. The summed E-state index contributed by atoms with van der Waals surface area (Å²) in [6.45, 7) is 2.15. The lowest BCUT2D eigenvalue weighted by molar-refractivity contribution is 0.0522. The summed E-state index contributed by atoms with van der Waals surface area (Å²) in [5.74, 6) is -0.320. The van der Waals surface area contributed by atoms with Crippen LogP contribution in [0.1, 0.15) is 17.3 Å². The largest absolute Gasteiger partial charge is 0.462 e. The smallest absolute Gasteiger partial charge is 0.339 e. The first-order chi connectivity index (χ1) is 6.69. The van der Waals surface area contributed by atoms with Gasteiger partial charge in [0, 0.05) is 9.92 Å². The number of halogens is 1. The molecule has 0 saturated heterocycles. The molecule has 0 fully saturated rings. The van der Waals surface area contributed by atoms with E-state index in [0.717, 1.165) is 4.90 Å². The topological polar surface area (TPSA) is 26.3 Å². The fourth-order valence-corrected chi connectivity index (χ4v) is 1.79. The Morgan fingerprint density at radius 2 is 2.29 bits per heavy atom. The van der Waals surface area contributed by atoms with Crippen LogP contribution in [0.25, 0.3) is 0 Å². The van der Waals surface area contributed by atoms with E-state index in [1.54, 1.807) is 19.1 Å². The lowest BCUT2D eigenvalue weighted by Gasteiger charge is -2.06. The number of ether oxygens (including phenoxy) is 1. The van der Waals surface area contributed by atoms with Gasteiger partial charge in [-0.05, 0) is 31.4 Å². The zero-order valence-corrected chi connectivity index (χ0v) is 9.61. The summed E-state index contributed by atoms with van der Waals surface area (Å²) in [4.78, 5) is 12.4. The summed E-state index contributed by atoms with van der Waals surface area (Å²) in [5.41, 5.74) is 0.534. The molecule has 0 bridgehead atoms. The number of carbonyl (C=O) groups excluding carboxylic acids is 1. The van der Waals surface area contributed by atoms with Gasteiger partial charge in [0.1, 0.15) is 0 Å². The van der Waals surface area contributed by atoms with E-state index in [-0.39, 0.29) is 5.97 Å². The Labute approximate surface area is 92.6 Å². The van der Waals surface area contributed by atoms with Crippen molar-refractivity contribution in [2.24, 2.45) is 0 Å². The number of rotatable bonds is 3. The molecule has 0 saturated carbocycles. The third kappa shape index (κ3) is 2.66. The lowest BCUT2D eigenvalue weighted by Crippen LogP contribution is -2.05. The van der Waals surface area contributed by atoms with Crippen molar-refractivity contribution in [2.45, 2.75) is 11.8 Å². The maximum atomic E-state index is 11.5. The predicted octanol–water partition coefficient (Wildman–Crippen LogP) is 3.24. The first-order valence-corrected chi connectivity index (χ1v) is 5.80. The predicted molar refractivity (Wildman–Crippen MR) is 59.2 cm³/mol. The van der Waals surface area contributed by atoms with Crippen molar-refractivity contribution in [1.29, 1.82) is 0 Å². The summed E-state index contributed by atoms with van der Waals surface area (Å²) >= 11 is 7.30. The van der Waals surface area contributed by atoms with Crippen molar-refractivity contribution in [2.75, 3.05) is 12.9 Å².